The second-order valence-corrected chi connectivity index (χ2v) is 6.49. The van der Waals surface area contributed by atoms with Gasteiger partial charge in [0, 0.05) is 11.6 Å². The third-order valence-corrected chi connectivity index (χ3v) is 5.16. The van der Waals surface area contributed by atoms with Crippen LogP contribution in [0.5, 0.6) is 11.5 Å². The molecule has 0 aliphatic rings. The van der Waals surface area contributed by atoms with Crippen LogP contribution in [0.4, 0.5) is 0 Å². The largest absolute Gasteiger partial charge is 0.493 e. The topological polar surface area (TPSA) is 60.5 Å². The first-order chi connectivity index (χ1) is 11.5. The van der Waals surface area contributed by atoms with Crippen molar-refractivity contribution in [2.75, 3.05) is 14.2 Å². The van der Waals surface area contributed by atoms with E-state index in [1.807, 2.05) is 25.1 Å². The lowest BCUT2D eigenvalue weighted by atomic mass is 10.1. The molecule has 1 heterocycles. The summed E-state index contributed by atoms with van der Waals surface area (Å²) in [6, 6.07) is 5.83. The molecule has 130 valence electrons. The number of nitrogens with one attached hydrogen (secondary N) is 1. The number of amides is 1. The molecule has 24 heavy (non-hydrogen) atoms. The fourth-order valence-electron chi connectivity index (χ4n) is 2.44. The quantitative estimate of drug-likeness (QED) is 0.820. The van der Waals surface area contributed by atoms with Crippen LogP contribution >= 0.6 is 11.3 Å². The summed E-state index contributed by atoms with van der Waals surface area (Å²) in [6.07, 6.45) is 1.84. The molecule has 1 amide bonds. The SMILES string of the molecule is CCC(CC)NC(=O)c1sc(-c2ccc(OC)c(OC)c2)nc1C. The minimum Gasteiger partial charge on any atom is -0.493 e. The summed E-state index contributed by atoms with van der Waals surface area (Å²) in [5.41, 5.74) is 1.65. The molecule has 0 fully saturated rings. The third-order valence-electron chi connectivity index (χ3n) is 3.95. The van der Waals surface area contributed by atoms with E-state index in [1.165, 1.54) is 11.3 Å². The van der Waals surface area contributed by atoms with Crippen LogP contribution in [0.3, 0.4) is 0 Å². The van der Waals surface area contributed by atoms with E-state index in [4.69, 9.17) is 9.47 Å². The molecule has 1 aromatic heterocycles. The molecule has 1 N–H and O–H groups in total. The van der Waals surface area contributed by atoms with Gasteiger partial charge in [-0.2, -0.15) is 0 Å². The molecule has 0 saturated heterocycles. The summed E-state index contributed by atoms with van der Waals surface area (Å²) < 4.78 is 10.6. The van der Waals surface area contributed by atoms with E-state index in [9.17, 15) is 4.79 Å². The maximum atomic E-state index is 12.5. The van der Waals surface area contributed by atoms with Gasteiger partial charge in [0.2, 0.25) is 0 Å². The minimum absolute atomic E-state index is 0.0505. The summed E-state index contributed by atoms with van der Waals surface area (Å²) >= 11 is 1.40. The van der Waals surface area contributed by atoms with Crippen LogP contribution in [0.15, 0.2) is 18.2 Å². The highest BCUT2D eigenvalue weighted by Crippen LogP contribution is 2.35. The Morgan fingerprint density at radius 3 is 2.46 bits per heavy atom. The lowest BCUT2D eigenvalue weighted by molar-refractivity contribution is 0.0938. The predicted molar refractivity (Wildman–Crippen MR) is 97.2 cm³/mol. The van der Waals surface area contributed by atoms with E-state index in [0.717, 1.165) is 29.1 Å². The van der Waals surface area contributed by atoms with Crippen molar-refractivity contribution in [2.24, 2.45) is 0 Å². The molecule has 0 aliphatic heterocycles. The number of carbonyl (C=O) groups excluding carboxylic acids is 1. The Bertz CT molecular complexity index is 708. The van der Waals surface area contributed by atoms with Gasteiger partial charge in [0.1, 0.15) is 9.88 Å². The highest BCUT2D eigenvalue weighted by molar-refractivity contribution is 7.17. The number of aromatic nitrogens is 1. The van der Waals surface area contributed by atoms with Crippen molar-refractivity contribution in [1.29, 1.82) is 0 Å². The van der Waals surface area contributed by atoms with Crippen LogP contribution in [0.2, 0.25) is 0 Å². The molecule has 1 aromatic carbocycles. The smallest absolute Gasteiger partial charge is 0.263 e. The zero-order chi connectivity index (χ0) is 17.7. The van der Waals surface area contributed by atoms with Gasteiger partial charge in [-0.3, -0.25) is 4.79 Å². The molecule has 6 heteroatoms. The maximum Gasteiger partial charge on any atom is 0.263 e. The van der Waals surface area contributed by atoms with Crippen LogP contribution in [0.25, 0.3) is 10.6 Å². The lowest BCUT2D eigenvalue weighted by Crippen LogP contribution is -2.33. The molecule has 0 bridgehead atoms. The number of rotatable bonds is 7. The molecule has 2 aromatic rings. The number of thiazole rings is 1. The first-order valence-corrected chi connectivity index (χ1v) is 8.86. The number of hydrogen-bond donors (Lipinski definition) is 1. The molecule has 0 spiro atoms. The Morgan fingerprint density at radius 2 is 1.88 bits per heavy atom. The van der Waals surface area contributed by atoms with Crippen LogP contribution in [0, 0.1) is 6.92 Å². The number of carbonyl (C=O) groups is 1. The average molecular weight is 348 g/mol. The standard InChI is InChI=1S/C18H24N2O3S/c1-6-13(7-2)20-17(21)16-11(3)19-18(24-16)12-8-9-14(22-4)15(10-12)23-5/h8-10,13H,6-7H2,1-5H3,(H,20,21). The average Bonchev–Trinajstić information content (AvgIpc) is 3.00. The Balaban J connectivity index is 2.30. The van der Waals surface area contributed by atoms with Crippen molar-refractivity contribution >= 4 is 17.2 Å². The molecule has 0 aliphatic carbocycles. The van der Waals surface area contributed by atoms with Gasteiger partial charge in [-0.25, -0.2) is 4.98 Å². The van der Waals surface area contributed by atoms with Crippen LogP contribution in [-0.4, -0.2) is 31.2 Å². The summed E-state index contributed by atoms with van der Waals surface area (Å²) in [4.78, 5) is 17.7. The maximum absolute atomic E-state index is 12.5. The highest BCUT2D eigenvalue weighted by Gasteiger charge is 2.19. The van der Waals surface area contributed by atoms with Gasteiger partial charge in [-0.15, -0.1) is 11.3 Å². The number of aryl methyl sites for hydroxylation is 1. The predicted octanol–water partition coefficient (Wildman–Crippen LogP) is 4.05. The van der Waals surface area contributed by atoms with Crippen molar-refractivity contribution in [3.63, 3.8) is 0 Å². The molecule has 5 nitrogen and oxygen atoms in total. The van der Waals surface area contributed by atoms with Crippen molar-refractivity contribution in [3.8, 4) is 22.1 Å². The zero-order valence-corrected chi connectivity index (χ0v) is 15.6. The summed E-state index contributed by atoms with van der Waals surface area (Å²) in [6.45, 7) is 6.01. The normalized spacial score (nSPS) is 10.8. The molecule has 0 radical (unpaired) electrons. The van der Waals surface area contributed by atoms with Crippen molar-refractivity contribution in [2.45, 2.75) is 39.7 Å². The molecular weight excluding hydrogens is 324 g/mol. The second-order valence-electron chi connectivity index (χ2n) is 5.49. The zero-order valence-electron chi connectivity index (χ0n) is 14.8. The Morgan fingerprint density at radius 1 is 1.21 bits per heavy atom. The van der Waals surface area contributed by atoms with E-state index >= 15 is 0 Å². The second kappa shape index (κ2) is 8.15. The van der Waals surface area contributed by atoms with Gasteiger partial charge in [-0.05, 0) is 38.0 Å². The van der Waals surface area contributed by atoms with Gasteiger partial charge in [0.15, 0.2) is 11.5 Å². The first kappa shape index (κ1) is 18.3. The minimum atomic E-state index is -0.0505. The number of hydrogen-bond acceptors (Lipinski definition) is 5. The number of nitrogens with zero attached hydrogens (tertiary/aromatic N) is 1. The molecule has 0 saturated carbocycles. The first-order valence-electron chi connectivity index (χ1n) is 8.04. The molecule has 0 atom stereocenters. The van der Waals surface area contributed by atoms with Crippen LogP contribution in [0.1, 0.15) is 42.1 Å². The lowest BCUT2D eigenvalue weighted by Gasteiger charge is -2.13. The van der Waals surface area contributed by atoms with Gasteiger partial charge in [0.25, 0.3) is 5.91 Å². The van der Waals surface area contributed by atoms with E-state index < -0.39 is 0 Å². The van der Waals surface area contributed by atoms with E-state index in [-0.39, 0.29) is 11.9 Å². The molecule has 0 unspecified atom stereocenters. The molecule has 2 rings (SSSR count). The van der Waals surface area contributed by atoms with Crippen LogP contribution < -0.4 is 14.8 Å². The van der Waals surface area contributed by atoms with E-state index in [1.54, 1.807) is 14.2 Å². The highest BCUT2D eigenvalue weighted by atomic mass is 32.1. The third kappa shape index (κ3) is 3.87. The number of ether oxygens (including phenoxy) is 2. The Labute approximate surface area is 147 Å². The summed E-state index contributed by atoms with van der Waals surface area (Å²) in [7, 11) is 3.20. The summed E-state index contributed by atoms with van der Waals surface area (Å²) in [5.74, 6) is 1.26. The van der Waals surface area contributed by atoms with Gasteiger partial charge in [0.05, 0.1) is 19.9 Å². The van der Waals surface area contributed by atoms with Gasteiger partial charge < -0.3 is 14.8 Å². The number of benzene rings is 1. The van der Waals surface area contributed by atoms with E-state index in [2.05, 4.69) is 24.1 Å². The van der Waals surface area contributed by atoms with Crippen LogP contribution in [-0.2, 0) is 0 Å². The van der Waals surface area contributed by atoms with E-state index in [0.29, 0.717) is 16.4 Å². The Kier molecular flexibility index (Phi) is 6.20. The number of methoxy groups -OCH3 is 2. The fraction of sp³-hybridized carbons (Fsp3) is 0.444. The Hall–Kier alpha value is -2.08. The molecular formula is C18H24N2O3S. The van der Waals surface area contributed by atoms with Crippen molar-refractivity contribution in [1.82, 2.24) is 10.3 Å². The van der Waals surface area contributed by atoms with Crippen molar-refractivity contribution < 1.29 is 14.3 Å². The fourth-order valence-corrected chi connectivity index (χ4v) is 3.41. The monoisotopic (exact) mass is 348 g/mol. The van der Waals surface area contributed by atoms with Gasteiger partial charge >= 0.3 is 0 Å². The van der Waals surface area contributed by atoms with Crippen molar-refractivity contribution in [3.05, 3.63) is 28.8 Å². The van der Waals surface area contributed by atoms with Gasteiger partial charge in [-0.1, -0.05) is 13.8 Å². The summed E-state index contributed by atoms with van der Waals surface area (Å²) in [5, 5.41) is 3.86.